The van der Waals surface area contributed by atoms with Crippen LogP contribution in [0.1, 0.15) is 0 Å². The molecule has 20 heavy (non-hydrogen) atoms. The number of rotatable bonds is 2. The average Bonchev–Trinajstić information content (AvgIpc) is 1.91. The summed E-state index contributed by atoms with van der Waals surface area (Å²) in [4.78, 5) is 0. The Kier molecular flexibility index (Phi) is 7.26. The largest absolute Gasteiger partial charge is 0.423 e. The molecule has 0 unspecified atom stereocenters. The van der Waals surface area contributed by atoms with E-state index in [-0.39, 0.29) is 29.6 Å². The number of hydrogen-bond acceptors (Lipinski definition) is 1. The van der Waals surface area contributed by atoms with Crippen molar-refractivity contribution in [2.24, 2.45) is 0 Å². The molecule has 1 radical (unpaired) electrons. The molecule has 0 amide bonds. The summed E-state index contributed by atoms with van der Waals surface area (Å²) >= 11 is 0. The fourth-order valence-electron chi connectivity index (χ4n) is 0.816. The molecule has 0 spiro atoms. The van der Waals surface area contributed by atoms with Crippen LogP contribution in [0.15, 0.2) is 0 Å². The Balaban J connectivity index is 0. The molecule has 0 rings (SSSR count). The van der Waals surface area contributed by atoms with Crippen molar-refractivity contribution >= 4 is 29.6 Å². The minimum absolute atomic E-state index is 0. The van der Waals surface area contributed by atoms with Gasteiger partial charge in [-0.15, -0.1) is 0 Å². The Labute approximate surface area is 124 Å². The summed E-state index contributed by atoms with van der Waals surface area (Å²) in [6.07, 6.45) is -36.3. The van der Waals surface area contributed by atoms with Crippen LogP contribution >= 0.6 is 0 Å². The third kappa shape index (κ3) is 6.72. The molecule has 0 aromatic rings. The first-order valence-electron chi connectivity index (χ1n) is 3.89. The van der Waals surface area contributed by atoms with Crippen molar-refractivity contribution in [3.05, 3.63) is 0 Å². The summed E-state index contributed by atoms with van der Waals surface area (Å²) in [7, 11) is 0. The van der Waals surface area contributed by atoms with Crippen LogP contribution in [0.4, 0.5) is 52.7 Å². The first-order chi connectivity index (χ1) is 7.97. The van der Waals surface area contributed by atoms with Crippen LogP contribution in [0.2, 0.25) is 0 Å². The van der Waals surface area contributed by atoms with Gasteiger partial charge < -0.3 is 4.74 Å². The Bertz CT molecular complexity index is 239. The normalized spacial score (nSPS) is 14.7. The van der Waals surface area contributed by atoms with Crippen LogP contribution in [-0.4, -0.2) is 66.5 Å². The Morgan fingerprint density at radius 2 is 0.600 bits per heavy atom. The summed E-state index contributed by atoms with van der Waals surface area (Å²) in [6.45, 7) is 0. The molecule has 0 aromatic heterocycles. The first kappa shape index (κ1) is 22.4. The van der Waals surface area contributed by atoms with Gasteiger partial charge in [-0.1, -0.05) is 0 Å². The van der Waals surface area contributed by atoms with Crippen molar-refractivity contribution in [1.82, 2.24) is 0 Å². The fraction of sp³-hybridized carbons (Fsp3) is 1.00. The number of alkyl halides is 12. The maximum atomic E-state index is 11.8. The Hall–Kier alpha value is 0.120. The second-order valence-electron chi connectivity index (χ2n) is 3.06. The summed E-state index contributed by atoms with van der Waals surface area (Å²) in [5, 5.41) is 0. The van der Waals surface area contributed by atoms with E-state index in [0.29, 0.717) is 0 Å². The number of hydrogen-bond donors (Lipinski definition) is 0. The molecule has 0 aromatic carbocycles. The fourth-order valence-corrected chi connectivity index (χ4v) is 0.816. The molecule has 0 atom stereocenters. The van der Waals surface area contributed by atoms with Gasteiger partial charge in [0.05, 0.1) is 0 Å². The minimum Gasteiger partial charge on any atom is -0.340 e. The summed E-state index contributed by atoms with van der Waals surface area (Å²) < 4.78 is 143. The van der Waals surface area contributed by atoms with Gasteiger partial charge >= 0.3 is 24.7 Å². The standard InChI is InChI=1S/C6H2F12O.Na/c7-3(8,9)1(4(10,11)12)19-2(5(13,14)15)6(16,17)18;/h1-2H;. The molecular weight excluding hydrogens is 339 g/mol. The van der Waals surface area contributed by atoms with Gasteiger partial charge in [-0.05, 0) is 0 Å². The molecule has 0 aliphatic rings. The maximum absolute atomic E-state index is 11.8. The Morgan fingerprint density at radius 3 is 0.700 bits per heavy atom. The van der Waals surface area contributed by atoms with Crippen LogP contribution in [-0.2, 0) is 4.74 Å². The van der Waals surface area contributed by atoms with Gasteiger partial charge in [0.1, 0.15) is 0 Å². The third-order valence-corrected chi connectivity index (χ3v) is 1.46. The summed E-state index contributed by atoms with van der Waals surface area (Å²) in [5.41, 5.74) is 0. The van der Waals surface area contributed by atoms with E-state index < -0.39 is 36.9 Å². The van der Waals surface area contributed by atoms with Crippen molar-refractivity contribution in [1.29, 1.82) is 0 Å². The van der Waals surface area contributed by atoms with Gasteiger partial charge in [-0.3, -0.25) is 0 Å². The van der Waals surface area contributed by atoms with E-state index in [1.165, 1.54) is 0 Å². The van der Waals surface area contributed by atoms with E-state index in [4.69, 9.17) is 0 Å². The zero-order chi connectivity index (χ0) is 15.9. The van der Waals surface area contributed by atoms with Gasteiger partial charge in [0, 0.05) is 29.6 Å². The molecular formula is C6H2F12NaO. The molecule has 0 saturated heterocycles. The molecule has 0 aliphatic heterocycles. The van der Waals surface area contributed by atoms with E-state index >= 15 is 0 Å². The number of ether oxygens (including phenoxy) is 1. The van der Waals surface area contributed by atoms with Crippen molar-refractivity contribution < 1.29 is 57.4 Å². The second kappa shape index (κ2) is 6.48. The van der Waals surface area contributed by atoms with E-state index in [1.54, 1.807) is 0 Å². The predicted molar refractivity (Wildman–Crippen MR) is 38.6 cm³/mol. The van der Waals surface area contributed by atoms with Crippen LogP contribution in [0.5, 0.6) is 0 Å². The molecule has 0 bridgehead atoms. The topological polar surface area (TPSA) is 9.23 Å². The monoisotopic (exact) mass is 341 g/mol. The van der Waals surface area contributed by atoms with Gasteiger partial charge in [-0.2, -0.15) is 52.7 Å². The minimum atomic E-state index is -6.48. The van der Waals surface area contributed by atoms with Crippen LogP contribution in [0.25, 0.3) is 0 Å². The van der Waals surface area contributed by atoms with E-state index in [2.05, 4.69) is 4.74 Å². The van der Waals surface area contributed by atoms with E-state index in [1.807, 2.05) is 0 Å². The smallest absolute Gasteiger partial charge is 0.340 e. The zero-order valence-corrected chi connectivity index (χ0v) is 11.1. The second-order valence-corrected chi connectivity index (χ2v) is 3.06. The molecule has 0 heterocycles. The van der Waals surface area contributed by atoms with Crippen LogP contribution in [0, 0.1) is 0 Å². The number of halogens is 12. The Morgan fingerprint density at radius 1 is 0.450 bits per heavy atom. The molecule has 14 heteroatoms. The zero-order valence-electron chi connectivity index (χ0n) is 9.10. The molecule has 1 nitrogen and oxygen atoms in total. The summed E-state index contributed by atoms with van der Waals surface area (Å²) in [6, 6.07) is 0. The molecule has 0 fully saturated rings. The van der Waals surface area contributed by atoms with E-state index in [9.17, 15) is 52.7 Å². The predicted octanol–water partition coefficient (Wildman–Crippen LogP) is 3.61. The molecule has 0 N–H and O–H groups in total. The quantitative estimate of drug-likeness (QED) is 0.551. The van der Waals surface area contributed by atoms with Gasteiger partial charge in [0.15, 0.2) is 0 Å². The van der Waals surface area contributed by atoms with Crippen molar-refractivity contribution in [3.63, 3.8) is 0 Å². The maximum Gasteiger partial charge on any atom is 0.423 e. The molecule has 0 aliphatic carbocycles. The van der Waals surface area contributed by atoms with Gasteiger partial charge in [0.2, 0.25) is 12.2 Å². The van der Waals surface area contributed by atoms with E-state index in [0.717, 1.165) is 0 Å². The van der Waals surface area contributed by atoms with Crippen molar-refractivity contribution in [3.8, 4) is 0 Å². The summed E-state index contributed by atoms with van der Waals surface area (Å²) in [5.74, 6) is 0. The van der Waals surface area contributed by atoms with Crippen LogP contribution in [0.3, 0.4) is 0 Å². The van der Waals surface area contributed by atoms with Crippen molar-refractivity contribution in [2.75, 3.05) is 0 Å². The molecule has 0 saturated carbocycles. The first-order valence-corrected chi connectivity index (χ1v) is 3.89. The average molecular weight is 341 g/mol. The SMILES string of the molecule is FC(F)(F)C(OC(C(F)(F)F)C(F)(F)F)C(F)(F)F.[Na]. The van der Waals surface area contributed by atoms with Crippen molar-refractivity contribution in [2.45, 2.75) is 36.9 Å². The third-order valence-electron chi connectivity index (χ3n) is 1.46. The molecule has 117 valence electrons. The van der Waals surface area contributed by atoms with Gasteiger partial charge in [-0.25, -0.2) is 0 Å². The van der Waals surface area contributed by atoms with Gasteiger partial charge in [0.25, 0.3) is 0 Å². The van der Waals surface area contributed by atoms with Crippen LogP contribution < -0.4 is 0 Å².